The van der Waals surface area contributed by atoms with E-state index in [0.29, 0.717) is 18.1 Å². The van der Waals surface area contributed by atoms with E-state index < -0.39 is 5.82 Å². The molecule has 1 aromatic carbocycles. The fourth-order valence-corrected chi connectivity index (χ4v) is 3.69. The highest BCUT2D eigenvalue weighted by Crippen LogP contribution is 2.37. The van der Waals surface area contributed by atoms with Gasteiger partial charge in [0.05, 0.1) is 11.7 Å². The minimum atomic E-state index is -0.416. The SMILES string of the molecule is CN(C)c1ncc(-c2ccncc2)c(C2CCCN2C(=O)c2cccc(F)c2)n1. The molecule has 0 radical (unpaired) electrons. The normalized spacial score (nSPS) is 16.1. The Morgan fingerprint density at radius 1 is 1.21 bits per heavy atom. The van der Waals surface area contributed by atoms with Crippen LogP contribution in [0, 0.1) is 5.82 Å². The van der Waals surface area contributed by atoms with E-state index in [4.69, 9.17) is 4.98 Å². The lowest BCUT2D eigenvalue weighted by Gasteiger charge is -2.27. The number of pyridine rings is 1. The number of hydrogen-bond acceptors (Lipinski definition) is 5. The van der Waals surface area contributed by atoms with Crippen molar-refractivity contribution in [2.24, 2.45) is 0 Å². The lowest BCUT2D eigenvalue weighted by atomic mass is 10.0. The lowest BCUT2D eigenvalue weighted by molar-refractivity contribution is 0.0733. The zero-order valence-electron chi connectivity index (χ0n) is 16.4. The number of carbonyl (C=O) groups is 1. The number of anilines is 1. The molecular weight excluding hydrogens is 369 g/mol. The van der Waals surface area contributed by atoms with Crippen molar-refractivity contribution in [2.45, 2.75) is 18.9 Å². The molecule has 1 amide bonds. The van der Waals surface area contributed by atoms with Gasteiger partial charge in [0.25, 0.3) is 5.91 Å². The topological polar surface area (TPSA) is 62.2 Å². The maximum Gasteiger partial charge on any atom is 0.254 e. The number of amides is 1. The van der Waals surface area contributed by atoms with Crippen molar-refractivity contribution in [3.8, 4) is 11.1 Å². The van der Waals surface area contributed by atoms with Crippen LogP contribution in [0.1, 0.15) is 34.9 Å². The Labute approximate surface area is 169 Å². The van der Waals surface area contributed by atoms with E-state index in [1.165, 1.54) is 12.1 Å². The first-order valence-electron chi connectivity index (χ1n) is 9.56. The Hall–Kier alpha value is -3.35. The minimum absolute atomic E-state index is 0.183. The van der Waals surface area contributed by atoms with Crippen LogP contribution >= 0.6 is 0 Å². The van der Waals surface area contributed by atoms with Crippen molar-refractivity contribution in [1.82, 2.24) is 19.9 Å². The van der Waals surface area contributed by atoms with Gasteiger partial charge in [-0.3, -0.25) is 9.78 Å². The van der Waals surface area contributed by atoms with Crippen LogP contribution in [-0.2, 0) is 0 Å². The Bertz CT molecular complexity index is 1020. The first kappa shape index (κ1) is 19.0. The summed E-state index contributed by atoms with van der Waals surface area (Å²) in [5.41, 5.74) is 2.98. The maximum absolute atomic E-state index is 13.7. The molecule has 0 saturated carbocycles. The largest absolute Gasteiger partial charge is 0.347 e. The summed E-state index contributed by atoms with van der Waals surface area (Å²) < 4.78 is 13.7. The van der Waals surface area contributed by atoms with Gasteiger partial charge in [0.2, 0.25) is 5.95 Å². The number of hydrogen-bond donors (Lipinski definition) is 0. The van der Waals surface area contributed by atoms with E-state index in [0.717, 1.165) is 29.7 Å². The highest BCUT2D eigenvalue weighted by atomic mass is 19.1. The summed E-state index contributed by atoms with van der Waals surface area (Å²) >= 11 is 0. The minimum Gasteiger partial charge on any atom is -0.347 e. The van der Waals surface area contributed by atoms with Crippen molar-refractivity contribution in [3.63, 3.8) is 0 Å². The van der Waals surface area contributed by atoms with Crippen molar-refractivity contribution in [3.05, 3.63) is 72.1 Å². The first-order chi connectivity index (χ1) is 14.0. The molecule has 0 bridgehead atoms. The third-order valence-corrected chi connectivity index (χ3v) is 5.10. The van der Waals surface area contributed by atoms with E-state index in [-0.39, 0.29) is 11.9 Å². The van der Waals surface area contributed by atoms with Gasteiger partial charge in [-0.2, -0.15) is 0 Å². The molecule has 1 unspecified atom stereocenters. The van der Waals surface area contributed by atoms with Crippen molar-refractivity contribution >= 4 is 11.9 Å². The molecular formula is C22H22FN5O. The summed E-state index contributed by atoms with van der Waals surface area (Å²) in [6.07, 6.45) is 6.91. The molecule has 3 aromatic rings. The summed E-state index contributed by atoms with van der Waals surface area (Å²) in [6, 6.07) is 9.45. The first-order valence-corrected chi connectivity index (χ1v) is 9.56. The van der Waals surface area contributed by atoms with Crippen LogP contribution in [0.15, 0.2) is 55.0 Å². The summed E-state index contributed by atoms with van der Waals surface area (Å²) in [7, 11) is 3.77. The summed E-state index contributed by atoms with van der Waals surface area (Å²) in [4.78, 5) is 30.1. The third kappa shape index (κ3) is 3.81. The van der Waals surface area contributed by atoms with E-state index in [1.54, 1.807) is 35.6 Å². The highest BCUT2D eigenvalue weighted by Gasteiger charge is 2.34. The van der Waals surface area contributed by atoms with Crippen LogP contribution in [0.3, 0.4) is 0 Å². The van der Waals surface area contributed by atoms with Gasteiger partial charge in [-0.05, 0) is 48.7 Å². The molecule has 1 aliphatic heterocycles. The molecule has 0 N–H and O–H groups in total. The molecule has 1 atom stereocenters. The smallest absolute Gasteiger partial charge is 0.254 e. The quantitative estimate of drug-likeness (QED) is 0.678. The molecule has 1 saturated heterocycles. The van der Waals surface area contributed by atoms with Gasteiger partial charge in [-0.15, -0.1) is 0 Å². The average Bonchev–Trinajstić information content (AvgIpc) is 3.23. The molecule has 1 aliphatic rings. The van der Waals surface area contributed by atoms with Gasteiger partial charge >= 0.3 is 0 Å². The summed E-state index contributed by atoms with van der Waals surface area (Å²) in [5, 5.41) is 0. The molecule has 1 fully saturated rings. The van der Waals surface area contributed by atoms with Crippen LogP contribution in [0.25, 0.3) is 11.1 Å². The number of benzene rings is 1. The highest BCUT2D eigenvalue weighted by molar-refractivity contribution is 5.94. The summed E-state index contributed by atoms with van der Waals surface area (Å²) in [6.45, 7) is 0.608. The number of aromatic nitrogens is 3. The van der Waals surface area contributed by atoms with Gasteiger partial charge in [0.1, 0.15) is 5.82 Å². The van der Waals surface area contributed by atoms with Crippen molar-refractivity contribution in [1.29, 1.82) is 0 Å². The number of carbonyl (C=O) groups excluding carboxylic acids is 1. The van der Waals surface area contributed by atoms with Gasteiger partial charge in [-0.25, -0.2) is 14.4 Å². The van der Waals surface area contributed by atoms with Gasteiger partial charge in [0.15, 0.2) is 0 Å². The number of nitrogens with zero attached hydrogens (tertiary/aromatic N) is 5. The number of halogens is 1. The Balaban J connectivity index is 1.77. The van der Waals surface area contributed by atoms with Gasteiger partial charge in [0, 0.05) is 50.4 Å². The van der Waals surface area contributed by atoms with Crippen molar-refractivity contribution < 1.29 is 9.18 Å². The molecule has 0 spiro atoms. The molecule has 2 aromatic heterocycles. The second-order valence-corrected chi connectivity index (χ2v) is 7.27. The maximum atomic E-state index is 13.7. The van der Waals surface area contributed by atoms with E-state index in [2.05, 4.69) is 9.97 Å². The third-order valence-electron chi connectivity index (χ3n) is 5.10. The zero-order chi connectivity index (χ0) is 20.4. The van der Waals surface area contributed by atoms with E-state index in [1.807, 2.05) is 31.1 Å². The van der Waals surface area contributed by atoms with Gasteiger partial charge in [-0.1, -0.05) is 6.07 Å². The van der Waals surface area contributed by atoms with Crippen LogP contribution in [0.4, 0.5) is 10.3 Å². The molecule has 3 heterocycles. The molecule has 7 heteroatoms. The number of rotatable bonds is 4. The van der Waals surface area contributed by atoms with Crippen LogP contribution < -0.4 is 4.90 Å². The lowest BCUT2D eigenvalue weighted by Crippen LogP contribution is -2.31. The Morgan fingerprint density at radius 2 is 2.00 bits per heavy atom. The summed E-state index contributed by atoms with van der Waals surface area (Å²) in [5.74, 6) is -0.0124. The van der Waals surface area contributed by atoms with Crippen LogP contribution in [0.5, 0.6) is 0 Å². The second-order valence-electron chi connectivity index (χ2n) is 7.27. The second kappa shape index (κ2) is 7.95. The van der Waals surface area contributed by atoms with E-state index >= 15 is 0 Å². The number of likely N-dealkylation sites (tertiary alicyclic amines) is 1. The molecule has 148 valence electrons. The fraction of sp³-hybridized carbons (Fsp3) is 0.273. The Kier molecular flexibility index (Phi) is 5.20. The average molecular weight is 391 g/mol. The molecule has 0 aliphatic carbocycles. The van der Waals surface area contributed by atoms with E-state index in [9.17, 15) is 9.18 Å². The van der Waals surface area contributed by atoms with Gasteiger partial charge < -0.3 is 9.80 Å². The predicted molar refractivity (Wildman–Crippen MR) is 109 cm³/mol. The van der Waals surface area contributed by atoms with Crippen molar-refractivity contribution in [2.75, 3.05) is 25.5 Å². The van der Waals surface area contributed by atoms with Crippen LogP contribution in [0.2, 0.25) is 0 Å². The molecule has 29 heavy (non-hydrogen) atoms. The monoisotopic (exact) mass is 391 g/mol. The molecule has 4 rings (SSSR count). The molecule has 6 nitrogen and oxygen atoms in total. The Morgan fingerprint density at radius 3 is 2.72 bits per heavy atom. The predicted octanol–water partition coefficient (Wildman–Crippen LogP) is 3.72. The standard InChI is InChI=1S/C22H22FN5O/c1-27(2)22-25-14-18(15-8-10-24-11-9-15)20(26-22)19-7-4-12-28(19)21(29)16-5-3-6-17(23)13-16/h3,5-6,8-11,13-14,19H,4,7,12H2,1-2H3. The zero-order valence-corrected chi connectivity index (χ0v) is 16.4. The van der Waals surface area contributed by atoms with Crippen LogP contribution in [-0.4, -0.2) is 46.4 Å². The fourth-order valence-electron chi connectivity index (χ4n) is 3.69.